The van der Waals surface area contributed by atoms with Crippen molar-refractivity contribution in [1.29, 1.82) is 0 Å². The van der Waals surface area contributed by atoms with Gasteiger partial charge in [0.05, 0.1) is 11.9 Å². The molecule has 1 atom stereocenters. The molecule has 2 amide bonds. The lowest BCUT2D eigenvalue weighted by Gasteiger charge is -2.32. The van der Waals surface area contributed by atoms with E-state index in [0.29, 0.717) is 17.8 Å². The van der Waals surface area contributed by atoms with E-state index in [1.165, 1.54) is 15.3 Å². The summed E-state index contributed by atoms with van der Waals surface area (Å²) in [6.45, 7) is 4.54. The van der Waals surface area contributed by atoms with Gasteiger partial charge >= 0.3 is 0 Å². The number of hydrogen-bond acceptors (Lipinski definition) is 4. The van der Waals surface area contributed by atoms with E-state index in [0.717, 1.165) is 36.6 Å². The summed E-state index contributed by atoms with van der Waals surface area (Å²) in [5, 5.41) is 2.95. The van der Waals surface area contributed by atoms with Gasteiger partial charge in [-0.3, -0.25) is 13.9 Å². The zero-order chi connectivity index (χ0) is 30.5. The molecule has 0 aliphatic heterocycles. The highest BCUT2D eigenvalue weighted by Gasteiger charge is 2.31. The van der Waals surface area contributed by atoms with E-state index < -0.39 is 21.9 Å². The molecular weight excluding hydrogens is 553 g/mol. The van der Waals surface area contributed by atoms with E-state index in [4.69, 9.17) is 0 Å². The number of carbonyl (C=O) groups is 2. The van der Waals surface area contributed by atoms with Gasteiger partial charge in [0.2, 0.25) is 21.8 Å². The second kappa shape index (κ2) is 16.1. The van der Waals surface area contributed by atoms with Crippen LogP contribution in [0.4, 0.5) is 10.1 Å². The Hall–Kier alpha value is -3.72. The van der Waals surface area contributed by atoms with Crippen molar-refractivity contribution in [3.63, 3.8) is 0 Å². The van der Waals surface area contributed by atoms with Crippen LogP contribution in [-0.4, -0.2) is 50.5 Å². The Kier molecular flexibility index (Phi) is 12.5. The van der Waals surface area contributed by atoms with Gasteiger partial charge in [0.25, 0.3) is 0 Å². The topological polar surface area (TPSA) is 86.8 Å². The van der Waals surface area contributed by atoms with Crippen LogP contribution in [0.1, 0.15) is 56.2 Å². The Balaban J connectivity index is 1.87. The number of amides is 2. The van der Waals surface area contributed by atoms with Crippen LogP contribution in [0.15, 0.2) is 78.9 Å². The zero-order valence-electron chi connectivity index (χ0n) is 24.8. The third-order valence-corrected chi connectivity index (χ3v) is 8.38. The molecule has 0 heterocycles. The van der Waals surface area contributed by atoms with Crippen LogP contribution in [0, 0.1) is 5.82 Å². The number of nitrogens with zero attached hydrogens (tertiary/aromatic N) is 2. The number of aryl methyl sites for hydroxylation is 1. The molecule has 0 aliphatic carbocycles. The van der Waals surface area contributed by atoms with Gasteiger partial charge in [0, 0.05) is 38.0 Å². The Morgan fingerprint density at radius 3 is 2.17 bits per heavy atom. The first-order valence-corrected chi connectivity index (χ1v) is 16.4. The molecule has 0 unspecified atom stereocenters. The second-order valence-electron chi connectivity index (χ2n) is 10.4. The maximum atomic E-state index is 14.8. The molecule has 0 saturated heterocycles. The van der Waals surface area contributed by atoms with Crippen LogP contribution < -0.4 is 9.62 Å². The number of hydrogen-bond donors (Lipinski definition) is 1. The van der Waals surface area contributed by atoms with Crippen LogP contribution >= 0.6 is 0 Å². The summed E-state index contributed by atoms with van der Waals surface area (Å²) in [6.07, 6.45) is 4.15. The summed E-state index contributed by atoms with van der Waals surface area (Å²) in [5.74, 6) is -1.11. The molecule has 0 aromatic heterocycles. The van der Waals surface area contributed by atoms with Gasteiger partial charge in [-0.15, -0.1) is 0 Å². The van der Waals surface area contributed by atoms with E-state index in [1.807, 2.05) is 56.3 Å². The van der Waals surface area contributed by atoms with Crippen LogP contribution in [-0.2, 0) is 39.0 Å². The van der Waals surface area contributed by atoms with Gasteiger partial charge in [0.1, 0.15) is 11.9 Å². The zero-order valence-corrected chi connectivity index (χ0v) is 25.6. The quantitative estimate of drug-likeness (QED) is 0.222. The summed E-state index contributed by atoms with van der Waals surface area (Å²) in [5.41, 5.74) is 2.80. The standard InChI is InChI=1S/C33H42FN3O4S/c1-4-6-22-35-33(39)31(24-27-13-8-7-9-14-27)36(25-28-15-10-11-16-30(28)34)32(38)17-12-23-37(42(3,40)41)29-20-18-26(5-2)19-21-29/h7-11,13-16,18-21,31H,4-6,12,17,22-25H2,1-3H3,(H,35,39)/t31-/m0/s1. The molecule has 3 aromatic rings. The molecule has 0 saturated carbocycles. The molecule has 1 N–H and O–H groups in total. The first-order valence-electron chi connectivity index (χ1n) is 14.5. The minimum Gasteiger partial charge on any atom is -0.354 e. The second-order valence-corrected chi connectivity index (χ2v) is 12.3. The molecule has 3 rings (SSSR count). The largest absolute Gasteiger partial charge is 0.354 e. The van der Waals surface area contributed by atoms with Gasteiger partial charge in [0.15, 0.2) is 0 Å². The predicted molar refractivity (Wildman–Crippen MR) is 166 cm³/mol. The van der Waals surface area contributed by atoms with Gasteiger partial charge in [-0.25, -0.2) is 12.8 Å². The van der Waals surface area contributed by atoms with Crippen molar-refractivity contribution in [2.45, 2.75) is 65.0 Å². The molecule has 0 fully saturated rings. The average Bonchev–Trinajstić information content (AvgIpc) is 2.98. The molecule has 3 aromatic carbocycles. The normalized spacial score (nSPS) is 12.0. The van der Waals surface area contributed by atoms with Crippen molar-refractivity contribution in [2.75, 3.05) is 23.7 Å². The lowest BCUT2D eigenvalue weighted by atomic mass is 10.0. The fraction of sp³-hybridized carbons (Fsp3) is 0.394. The Bertz CT molecular complexity index is 1400. The molecule has 0 radical (unpaired) electrons. The predicted octanol–water partition coefficient (Wildman–Crippen LogP) is 5.49. The molecule has 42 heavy (non-hydrogen) atoms. The number of carbonyl (C=O) groups excluding carboxylic acids is 2. The minimum absolute atomic E-state index is 0.0129. The van der Waals surface area contributed by atoms with Gasteiger partial charge in [-0.1, -0.05) is 80.9 Å². The average molecular weight is 596 g/mol. The van der Waals surface area contributed by atoms with E-state index in [2.05, 4.69) is 5.32 Å². The number of sulfonamides is 1. The highest BCUT2D eigenvalue weighted by Crippen LogP contribution is 2.21. The van der Waals surface area contributed by atoms with Crippen molar-refractivity contribution in [1.82, 2.24) is 10.2 Å². The van der Waals surface area contributed by atoms with Crippen molar-refractivity contribution >= 4 is 27.5 Å². The van der Waals surface area contributed by atoms with Crippen LogP contribution in [0.25, 0.3) is 0 Å². The van der Waals surface area contributed by atoms with Crippen molar-refractivity contribution in [2.24, 2.45) is 0 Å². The maximum Gasteiger partial charge on any atom is 0.243 e. The molecule has 0 aliphatic rings. The Labute approximate surface area is 249 Å². The van der Waals surface area contributed by atoms with E-state index in [9.17, 15) is 22.4 Å². The third-order valence-electron chi connectivity index (χ3n) is 7.18. The van der Waals surface area contributed by atoms with Gasteiger partial charge < -0.3 is 10.2 Å². The highest BCUT2D eigenvalue weighted by molar-refractivity contribution is 7.92. The van der Waals surface area contributed by atoms with Crippen molar-refractivity contribution in [3.8, 4) is 0 Å². The number of benzene rings is 3. The highest BCUT2D eigenvalue weighted by atomic mass is 32.2. The summed E-state index contributed by atoms with van der Waals surface area (Å²) in [4.78, 5) is 28.8. The third kappa shape index (κ3) is 9.69. The number of anilines is 1. The SMILES string of the molecule is CCCCNC(=O)[C@H](Cc1ccccc1)N(Cc1ccccc1F)C(=O)CCCN(c1ccc(CC)cc1)S(C)(=O)=O. The summed E-state index contributed by atoms with van der Waals surface area (Å²) < 4.78 is 41.3. The van der Waals surface area contributed by atoms with E-state index in [-0.39, 0.29) is 44.2 Å². The molecule has 9 heteroatoms. The molecule has 0 bridgehead atoms. The summed E-state index contributed by atoms with van der Waals surface area (Å²) >= 11 is 0. The van der Waals surface area contributed by atoms with Gasteiger partial charge in [-0.05, 0) is 48.6 Å². The number of unbranched alkanes of at least 4 members (excludes halogenated alkanes) is 1. The van der Waals surface area contributed by atoms with Crippen LogP contribution in [0.3, 0.4) is 0 Å². The fourth-order valence-corrected chi connectivity index (χ4v) is 5.74. The van der Waals surface area contributed by atoms with E-state index >= 15 is 0 Å². The first kappa shape index (κ1) is 32.8. The minimum atomic E-state index is -3.60. The number of nitrogens with one attached hydrogen (secondary N) is 1. The monoisotopic (exact) mass is 595 g/mol. The van der Waals surface area contributed by atoms with Crippen molar-refractivity contribution < 1.29 is 22.4 Å². The molecule has 0 spiro atoms. The lowest BCUT2D eigenvalue weighted by molar-refractivity contribution is -0.141. The summed E-state index contributed by atoms with van der Waals surface area (Å²) in [7, 11) is -3.60. The fourth-order valence-electron chi connectivity index (χ4n) is 4.77. The smallest absolute Gasteiger partial charge is 0.243 e. The van der Waals surface area contributed by atoms with Crippen LogP contribution in [0.5, 0.6) is 0 Å². The lowest BCUT2D eigenvalue weighted by Crippen LogP contribution is -2.50. The molecular formula is C33H42FN3O4S. The summed E-state index contributed by atoms with van der Waals surface area (Å²) in [6, 6.07) is 22.1. The maximum absolute atomic E-state index is 14.8. The number of halogens is 1. The first-order chi connectivity index (χ1) is 20.1. The molecule has 7 nitrogen and oxygen atoms in total. The van der Waals surface area contributed by atoms with Crippen molar-refractivity contribution in [3.05, 3.63) is 101 Å². The van der Waals surface area contributed by atoms with Crippen LogP contribution in [0.2, 0.25) is 0 Å². The molecule has 226 valence electrons. The van der Waals surface area contributed by atoms with Gasteiger partial charge in [-0.2, -0.15) is 0 Å². The Morgan fingerprint density at radius 2 is 1.55 bits per heavy atom. The Morgan fingerprint density at radius 1 is 0.881 bits per heavy atom. The van der Waals surface area contributed by atoms with E-state index in [1.54, 1.807) is 30.3 Å². The number of rotatable bonds is 16.